The van der Waals surface area contributed by atoms with Gasteiger partial charge in [0.25, 0.3) is 0 Å². The summed E-state index contributed by atoms with van der Waals surface area (Å²) in [7, 11) is -0.354. The van der Waals surface area contributed by atoms with E-state index in [1.165, 1.54) is 0 Å². The minimum absolute atomic E-state index is 0.144. The topological polar surface area (TPSA) is 56.5 Å². The summed E-state index contributed by atoms with van der Waals surface area (Å²) < 4.78 is 14.4. The van der Waals surface area contributed by atoms with Gasteiger partial charge >= 0.3 is 7.12 Å². The highest BCUT2D eigenvalue weighted by molar-refractivity contribution is 6.62. The van der Waals surface area contributed by atoms with Crippen molar-refractivity contribution in [2.45, 2.75) is 83.6 Å². The highest BCUT2D eigenvalue weighted by atomic mass is 16.7. The Labute approximate surface area is 133 Å². The third-order valence-electron chi connectivity index (χ3n) is 5.60. The van der Waals surface area contributed by atoms with Gasteiger partial charge in [-0.1, -0.05) is 0 Å². The first-order chi connectivity index (χ1) is 10.2. The smallest absolute Gasteiger partial charge is 0.399 e. The molecule has 1 aromatic rings. The number of aliphatic hydroxyl groups excluding tert-OH is 1. The molecule has 0 atom stereocenters. The van der Waals surface area contributed by atoms with E-state index >= 15 is 0 Å². The monoisotopic (exact) mass is 306 g/mol. The van der Waals surface area contributed by atoms with Crippen molar-refractivity contribution in [3.8, 4) is 0 Å². The maximum atomic E-state index is 9.67. The molecule has 0 bridgehead atoms. The van der Waals surface area contributed by atoms with Crippen LogP contribution in [0.1, 0.15) is 65.1 Å². The Bertz CT molecular complexity index is 532. The molecule has 1 saturated carbocycles. The van der Waals surface area contributed by atoms with Crippen molar-refractivity contribution in [1.82, 2.24) is 9.78 Å². The van der Waals surface area contributed by atoms with E-state index in [0.29, 0.717) is 6.04 Å². The first-order valence-corrected chi connectivity index (χ1v) is 8.29. The van der Waals surface area contributed by atoms with Gasteiger partial charge in [-0.15, -0.1) is 0 Å². The Kier molecular flexibility index (Phi) is 3.90. The van der Waals surface area contributed by atoms with Gasteiger partial charge in [0.05, 0.1) is 23.3 Å². The average molecular weight is 306 g/mol. The standard InChI is InChI=1S/C16H27BN2O3/c1-11-14(17-21-15(2,3)16(4,5)22-17)10-18-19(11)12-6-8-13(20)9-7-12/h10,12-13,20H,6-9H2,1-5H3/t12-,13-. The number of nitrogens with zero attached hydrogens (tertiary/aromatic N) is 2. The molecule has 1 aliphatic heterocycles. The molecular formula is C16H27BN2O3. The fourth-order valence-corrected chi connectivity index (χ4v) is 3.31. The summed E-state index contributed by atoms with van der Waals surface area (Å²) in [6, 6.07) is 0.375. The second-order valence-electron chi connectivity index (χ2n) is 7.68. The minimum atomic E-state index is -0.354. The van der Waals surface area contributed by atoms with Gasteiger partial charge in [-0.25, -0.2) is 0 Å². The number of aliphatic hydroxyl groups is 1. The fraction of sp³-hybridized carbons (Fsp3) is 0.812. The predicted octanol–water partition coefficient (Wildman–Crippen LogP) is 1.97. The lowest BCUT2D eigenvalue weighted by Gasteiger charge is -2.32. The van der Waals surface area contributed by atoms with Gasteiger partial charge in [0.1, 0.15) is 0 Å². The summed E-state index contributed by atoms with van der Waals surface area (Å²) in [6.45, 7) is 10.3. The molecule has 0 radical (unpaired) electrons. The van der Waals surface area contributed by atoms with Gasteiger partial charge in [0, 0.05) is 17.4 Å². The average Bonchev–Trinajstić information content (AvgIpc) is 2.89. The Balaban J connectivity index is 1.80. The molecule has 6 heteroatoms. The SMILES string of the molecule is Cc1c(B2OC(C)(C)C(C)(C)O2)cnn1[C@H]1CC[C@H](O)CC1. The number of rotatable bonds is 2. The highest BCUT2D eigenvalue weighted by Crippen LogP contribution is 2.37. The van der Waals surface area contributed by atoms with Crippen molar-refractivity contribution in [3.63, 3.8) is 0 Å². The Morgan fingerprint density at radius 1 is 1.14 bits per heavy atom. The third kappa shape index (κ3) is 2.61. The molecule has 0 amide bonds. The third-order valence-corrected chi connectivity index (χ3v) is 5.60. The summed E-state index contributed by atoms with van der Waals surface area (Å²) in [5.41, 5.74) is 1.46. The molecule has 0 spiro atoms. The fourth-order valence-electron chi connectivity index (χ4n) is 3.31. The van der Waals surface area contributed by atoms with Crippen LogP contribution in [-0.2, 0) is 9.31 Å². The molecule has 2 heterocycles. The van der Waals surface area contributed by atoms with Gasteiger partial charge in [-0.05, 0) is 60.3 Å². The van der Waals surface area contributed by atoms with E-state index in [4.69, 9.17) is 9.31 Å². The van der Waals surface area contributed by atoms with E-state index in [9.17, 15) is 5.11 Å². The normalized spacial score (nSPS) is 30.7. The van der Waals surface area contributed by atoms with Crippen molar-refractivity contribution >= 4 is 12.6 Å². The van der Waals surface area contributed by atoms with Gasteiger partial charge in [0.2, 0.25) is 0 Å². The summed E-state index contributed by atoms with van der Waals surface area (Å²) in [4.78, 5) is 0. The van der Waals surface area contributed by atoms with E-state index < -0.39 is 0 Å². The van der Waals surface area contributed by atoms with E-state index in [1.54, 1.807) is 0 Å². The molecule has 0 unspecified atom stereocenters. The van der Waals surface area contributed by atoms with Crippen LogP contribution in [0.2, 0.25) is 0 Å². The van der Waals surface area contributed by atoms with Crippen LogP contribution in [-0.4, -0.2) is 39.3 Å². The lowest BCUT2D eigenvalue weighted by molar-refractivity contribution is 0.00578. The van der Waals surface area contributed by atoms with Crippen LogP contribution in [0, 0.1) is 6.92 Å². The largest absolute Gasteiger partial charge is 0.498 e. The molecule has 22 heavy (non-hydrogen) atoms. The molecule has 1 aromatic heterocycles. The first-order valence-electron chi connectivity index (χ1n) is 8.29. The van der Waals surface area contributed by atoms with E-state index in [-0.39, 0.29) is 24.4 Å². The second kappa shape index (κ2) is 5.36. The van der Waals surface area contributed by atoms with Crippen LogP contribution >= 0.6 is 0 Å². The number of aromatic nitrogens is 2. The van der Waals surface area contributed by atoms with Crippen molar-refractivity contribution in [2.75, 3.05) is 0 Å². The van der Waals surface area contributed by atoms with E-state index in [1.807, 2.05) is 6.20 Å². The summed E-state index contributed by atoms with van der Waals surface area (Å²) in [6.07, 6.45) is 5.40. The van der Waals surface area contributed by atoms with Crippen molar-refractivity contribution in [1.29, 1.82) is 0 Å². The Hall–Kier alpha value is -0.845. The molecule has 2 fully saturated rings. The minimum Gasteiger partial charge on any atom is -0.399 e. The Morgan fingerprint density at radius 3 is 2.23 bits per heavy atom. The van der Waals surface area contributed by atoms with E-state index in [2.05, 4.69) is 44.4 Å². The van der Waals surface area contributed by atoms with Crippen LogP contribution in [0.4, 0.5) is 0 Å². The molecule has 0 aromatic carbocycles. The molecule has 3 rings (SSSR count). The molecular weight excluding hydrogens is 279 g/mol. The molecule has 2 aliphatic rings. The number of hydrogen-bond donors (Lipinski definition) is 1. The molecule has 1 saturated heterocycles. The second-order valence-corrected chi connectivity index (χ2v) is 7.68. The molecule has 5 nitrogen and oxygen atoms in total. The van der Waals surface area contributed by atoms with E-state index in [0.717, 1.165) is 36.8 Å². The zero-order valence-corrected chi connectivity index (χ0v) is 14.3. The van der Waals surface area contributed by atoms with Crippen LogP contribution < -0.4 is 5.46 Å². The Morgan fingerprint density at radius 2 is 1.68 bits per heavy atom. The summed E-state index contributed by atoms with van der Waals surface area (Å²) in [5.74, 6) is 0. The van der Waals surface area contributed by atoms with Gasteiger partial charge in [-0.2, -0.15) is 5.10 Å². The molecule has 1 N–H and O–H groups in total. The van der Waals surface area contributed by atoms with Crippen LogP contribution in [0.3, 0.4) is 0 Å². The lowest BCUT2D eigenvalue weighted by Crippen LogP contribution is -2.41. The van der Waals surface area contributed by atoms with Gasteiger partial charge in [-0.3, -0.25) is 4.68 Å². The zero-order valence-electron chi connectivity index (χ0n) is 14.3. The van der Waals surface area contributed by atoms with Gasteiger partial charge in [0.15, 0.2) is 0 Å². The predicted molar refractivity (Wildman–Crippen MR) is 86.2 cm³/mol. The van der Waals surface area contributed by atoms with Crippen LogP contribution in [0.25, 0.3) is 0 Å². The van der Waals surface area contributed by atoms with Crippen molar-refractivity contribution in [3.05, 3.63) is 11.9 Å². The number of hydrogen-bond acceptors (Lipinski definition) is 4. The summed E-state index contributed by atoms with van der Waals surface area (Å²) in [5, 5.41) is 14.2. The van der Waals surface area contributed by atoms with Crippen molar-refractivity contribution in [2.24, 2.45) is 0 Å². The molecule has 1 aliphatic carbocycles. The van der Waals surface area contributed by atoms with Crippen molar-refractivity contribution < 1.29 is 14.4 Å². The summed E-state index contributed by atoms with van der Waals surface area (Å²) >= 11 is 0. The van der Waals surface area contributed by atoms with Crippen LogP contribution in [0.15, 0.2) is 6.20 Å². The van der Waals surface area contributed by atoms with Gasteiger partial charge < -0.3 is 14.4 Å². The van der Waals surface area contributed by atoms with Crippen LogP contribution in [0.5, 0.6) is 0 Å². The maximum absolute atomic E-state index is 9.67. The quantitative estimate of drug-likeness (QED) is 0.849. The molecule has 122 valence electrons. The first kappa shape index (κ1) is 16.0. The highest BCUT2D eigenvalue weighted by Gasteiger charge is 2.52. The lowest BCUT2D eigenvalue weighted by atomic mass is 9.79. The maximum Gasteiger partial charge on any atom is 0.498 e. The zero-order chi connectivity index (χ0) is 16.1.